The number of pyridine rings is 1. The lowest BCUT2D eigenvalue weighted by Gasteiger charge is -2.29. The van der Waals surface area contributed by atoms with Crippen molar-refractivity contribution < 1.29 is 13.9 Å². The number of hydrogen-bond acceptors (Lipinski definition) is 3. The zero-order chi connectivity index (χ0) is 18.3. The number of aryl methyl sites for hydroxylation is 1. The van der Waals surface area contributed by atoms with E-state index in [1.165, 1.54) is 11.0 Å². The number of nitrogens with zero attached hydrogens (tertiary/aromatic N) is 2. The molecule has 1 aliphatic rings. The molecule has 26 heavy (non-hydrogen) atoms. The standard InChI is InChI=1S/C20H16BrFN2O2/c1-26-15-5-7-17-12(10-15)4-6-18(23-17)20(25)24-8-2-3-13-9-14(21)11-16(22)19(13)24/h4-7,9-11H,2-3,8H2,1H3. The Kier molecular flexibility index (Phi) is 4.36. The molecule has 1 aromatic heterocycles. The second kappa shape index (κ2) is 6.68. The largest absolute Gasteiger partial charge is 0.497 e. The van der Waals surface area contributed by atoms with Gasteiger partial charge in [0.05, 0.1) is 18.3 Å². The van der Waals surface area contributed by atoms with E-state index in [1.807, 2.05) is 24.3 Å². The van der Waals surface area contributed by atoms with Crippen molar-refractivity contribution in [3.63, 3.8) is 0 Å². The van der Waals surface area contributed by atoms with Gasteiger partial charge in [0.1, 0.15) is 17.3 Å². The quantitative estimate of drug-likeness (QED) is 0.608. The summed E-state index contributed by atoms with van der Waals surface area (Å²) in [6.07, 6.45) is 1.54. The van der Waals surface area contributed by atoms with Crippen LogP contribution >= 0.6 is 15.9 Å². The third-order valence-electron chi connectivity index (χ3n) is 4.57. The van der Waals surface area contributed by atoms with Gasteiger partial charge in [0.25, 0.3) is 5.91 Å². The Morgan fingerprint density at radius 1 is 1.23 bits per heavy atom. The van der Waals surface area contributed by atoms with Crippen LogP contribution in [0.1, 0.15) is 22.5 Å². The molecule has 0 unspecified atom stereocenters. The summed E-state index contributed by atoms with van der Waals surface area (Å²) in [7, 11) is 1.60. The number of aromatic nitrogens is 1. The van der Waals surface area contributed by atoms with E-state index >= 15 is 0 Å². The maximum absolute atomic E-state index is 14.5. The summed E-state index contributed by atoms with van der Waals surface area (Å²) < 4.78 is 20.4. The molecule has 1 aliphatic heterocycles. The average Bonchev–Trinajstić information content (AvgIpc) is 2.65. The molecule has 0 spiro atoms. The summed E-state index contributed by atoms with van der Waals surface area (Å²) in [4.78, 5) is 19.0. The van der Waals surface area contributed by atoms with Crippen molar-refractivity contribution >= 4 is 38.4 Å². The first-order valence-corrected chi connectivity index (χ1v) is 9.11. The Balaban J connectivity index is 1.74. The summed E-state index contributed by atoms with van der Waals surface area (Å²) >= 11 is 3.32. The van der Waals surface area contributed by atoms with E-state index in [4.69, 9.17) is 4.74 Å². The SMILES string of the molecule is COc1ccc2nc(C(=O)N3CCCc4cc(Br)cc(F)c43)ccc2c1. The number of amides is 1. The minimum absolute atomic E-state index is 0.287. The van der Waals surface area contributed by atoms with Gasteiger partial charge in [-0.1, -0.05) is 22.0 Å². The van der Waals surface area contributed by atoms with Crippen LogP contribution in [-0.2, 0) is 6.42 Å². The highest BCUT2D eigenvalue weighted by atomic mass is 79.9. The van der Waals surface area contributed by atoms with Crippen molar-refractivity contribution in [1.82, 2.24) is 4.98 Å². The molecular weight excluding hydrogens is 399 g/mol. The van der Waals surface area contributed by atoms with E-state index < -0.39 is 5.82 Å². The highest BCUT2D eigenvalue weighted by Crippen LogP contribution is 2.34. The Hall–Kier alpha value is -2.47. The lowest BCUT2D eigenvalue weighted by molar-refractivity contribution is 0.0979. The Bertz CT molecular complexity index is 1020. The fourth-order valence-electron chi connectivity index (χ4n) is 3.34. The lowest BCUT2D eigenvalue weighted by Crippen LogP contribution is -2.36. The fraction of sp³-hybridized carbons (Fsp3) is 0.200. The van der Waals surface area contributed by atoms with Crippen LogP contribution in [0.25, 0.3) is 10.9 Å². The molecule has 0 radical (unpaired) electrons. The van der Waals surface area contributed by atoms with E-state index in [9.17, 15) is 9.18 Å². The van der Waals surface area contributed by atoms with Gasteiger partial charge in [-0.15, -0.1) is 0 Å². The smallest absolute Gasteiger partial charge is 0.276 e. The zero-order valence-electron chi connectivity index (χ0n) is 14.1. The summed E-state index contributed by atoms with van der Waals surface area (Å²) in [5.74, 6) is 0.0498. The number of hydrogen-bond donors (Lipinski definition) is 0. The predicted molar refractivity (Wildman–Crippen MR) is 102 cm³/mol. The second-order valence-electron chi connectivity index (χ2n) is 6.21. The summed E-state index contributed by atoms with van der Waals surface area (Å²) in [6.45, 7) is 0.479. The molecular formula is C20H16BrFN2O2. The first-order valence-electron chi connectivity index (χ1n) is 8.31. The monoisotopic (exact) mass is 414 g/mol. The van der Waals surface area contributed by atoms with Crippen LogP contribution in [0, 0.1) is 5.82 Å². The topological polar surface area (TPSA) is 42.4 Å². The van der Waals surface area contributed by atoms with E-state index in [0.29, 0.717) is 27.9 Å². The number of methoxy groups -OCH3 is 1. The van der Waals surface area contributed by atoms with Crippen LogP contribution in [0.4, 0.5) is 10.1 Å². The molecule has 4 rings (SSSR count). The first-order chi connectivity index (χ1) is 12.6. The first kappa shape index (κ1) is 17.0. The van der Waals surface area contributed by atoms with Gasteiger partial charge >= 0.3 is 0 Å². The van der Waals surface area contributed by atoms with Crippen molar-refractivity contribution in [1.29, 1.82) is 0 Å². The van der Waals surface area contributed by atoms with Gasteiger partial charge in [0.2, 0.25) is 0 Å². The molecule has 0 bridgehead atoms. The summed E-state index contributed by atoms with van der Waals surface area (Å²) in [6, 6.07) is 12.3. The highest BCUT2D eigenvalue weighted by molar-refractivity contribution is 9.10. The Morgan fingerprint density at radius 2 is 2.08 bits per heavy atom. The van der Waals surface area contributed by atoms with Crippen molar-refractivity contribution in [3.8, 4) is 5.75 Å². The van der Waals surface area contributed by atoms with Gasteiger partial charge in [0.15, 0.2) is 0 Å². The predicted octanol–water partition coefficient (Wildman–Crippen LogP) is 4.74. The minimum atomic E-state index is -0.395. The van der Waals surface area contributed by atoms with Crippen molar-refractivity contribution in [2.24, 2.45) is 0 Å². The maximum Gasteiger partial charge on any atom is 0.276 e. The molecule has 0 atom stereocenters. The van der Waals surface area contributed by atoms with Gasteiger partial charge < -0.3 is 9.64 Å². The van der Waals surface area contributed by atoms with E-state index in [0.717, 1.165) is 29.5 Å². The molecule has 4 nitrogen and oxygen atoms in total. The summed E-state index contributed by atoms with van der Waals surface area (Å²) in [5, 5.41) is 0.884. The van der Waals surface area contributed by atoms with Crippen LogP contribution in [0.15, 0.2) is 46.9 Å². The molecule has 0 saturated carbocycles. The van der Waals surface area contributed by atoms with Crippen LogP contribution in [-0.4, -0.2) is 24.5 Å². The fourth-order valence-corrected chi connectivity index (χ4v) is 3.82. The Morgan fingerprint density at radius 3 is 2.88 bits per heavy atom. The van der Waals surface area contributed by atoms with E-state index in [1.54, 1.807) is 19.2 Å². The van der Waals surface area contributed by atoms with Gasteiger partial charge in [-0.3, -0.25) is 4.79 Å². The summed E-state index contributed by atoms with van der Waals surface area (Å²) in [5.41, 5.74) is 2.20. The van der Waals surface area contributed by atoms with Crippen LogP contribution in [0.2, 0.25) is 0 Å². The van der Waals surface area contributed by atoms with Crippen molar-refractivity contribution in [2.45, 2.75) is 12.8 Å². The number of carbonyl (C=O) groups is 1. The normalized spacial score (nSPS) is 13.6. The van der Waals surface area contributed by atoms with Gasteiger partial charge in [-0.05, 0) is 54.8 Å². The number of anilines is 1. The molecule has 0 fully saturated rings. The van der Waals surface area contributed by atoms with Gasteiger partial charge in [0, 0.05) is 16.4 Å². The number of fused-ring (bicyclic) bond motifs is 2. The highest BCUT2D eigenvalue weighted by Gasteiger charge is 2.27. The van der Waals surface area contributed by atoms with Crippen LogP contribution in [0.3, 0.4) is 0 Å². The molecule has 0 saturated heterocycles. The maximum atomic E-state index is 14.5. The Labute approximate surface area is 158 Å². The molecule has 0 N–H and O–H groups in total. The number of rotatable bonds is 2. The number of ether oxygens (including phenoxy) is 1. The third-order valence-corrected chi connectivity index (χ3v) is 5.02. The lowest BCUT2D eigenvalue weighted by atomic mass is 10.0. The molecule has 1 amide bonds. The van der Waals surface area contributed by atoms with Crippen molar-refractivity contribution in [3.05, 3.63) is 64.0 Å². The second-order valence-corrected chi connectivity index (χ2v) is 7.13. The number of carbonyl (C=O) groups excluding carboxylic acids is 1. The zero-order valence-corrected chi connectivity index (χ0v) is 15.7. The van der Waals surface area contributed by atoms with E-state index in [-0.39, 0.29) is 5.91 Å². The molecule has 3 aromatic rings. The minimum Gasteiger partial charge on any atom is -0.497 e. The van der Waals surface area contributed by atoms with E-state index in [2.05, 4.69) is 20.9 Å². The van der Waals surface area contributed by atoms with Crippen LogP contribution in [0.5, 0.6) is 5.75 Å². The molecule has 0 aliphatic carbocycles. The average molecular weight is 415 g/mol. The third kappa shape index (κ3) is 2.94. The molecule has 2 aromatic carbocycles. The van der Waals surface area contributed by atoms with Gasteiger partial charge in [-0.25, -0.2) is 9.37 Å². The number of halogens is 2. The molecule has 2 heterocycles. The molecule has 132 valence electrons. The van der Waals surface area contributed by atoms with Crippen LogP contribution < -0.4 is 9.64 Å². The number of benzene rings is 2. The van der Waals surface area contributed by atoms with Crippen molar-refractivity contribution in [2.75, 3.05) is 18.6 Å². The molecule has 6 heteroatoms. The van der Waals surface area contributed by atoms with Gasteiger partial charge in [-0.2, -0.15) is 0 Å².